The van der Waals surface area contributed by atoms with Crippen LogP contribution >= 0.6 is 11.6 Å². The molecule has 2 amide bonds. The predicted octanol–water partition coefficient (Wildman–Crippen LogP) is 4.88. The molecule has 0 radical (unpaired) electrons. The first-order valence-electron chi connectivity index (χ1n) is 9.86. The van der Waals surface area contributed by atoms with Crippen LogP contribution in [0.3, 0.4) is 0 Å². The maximum absolute atomic E-state index is 12.9. The van der Waals surface area contributed by atoms with Gasteiger partial charge < -0.3 is 4.74 Å². The van der Waals surface area contributed by atoms with Crippen LogP contribution in [-0.2, 0) is 4.74 Å². The average molecular weight is 448 g/mol. The zero-order valence-electron chi connectivity index (χ0n) is 17.3. The Balaban J connectivity index is 1.53. The van der Waals surface area contributed by atoms with Crippen LogP contribution in [0.1, 0.15) is 53.9 Å². The maximum atomic E-state index is 12.9. The largest absolute Gasteiger partial charge is 0.451 e. The van der Waals surface area contributed by atoms with Gasteiger partial charge in [0.05, 0.1) is 22.4 Å². The van der Waals surface area contributed by atoms with Gasteiger partial charge in [-0.1, -0.05) is 41.4 Å². The molecule has 7 heteroatoms. The van der Waals surface area contributed by atoms with Crippen LogP contribution in [0.2, 0.25) is 5.02 Å². The van der Waals surface area contributed by atoms with E-state index in [0.29, 0.717) is 16.3 Å². The molecule has 0 spiro atoms. The summed E-state index contributed by atoms with van der Waals surface area (Å²) in [6.45, 7) is 3.40. The van der Waals surface area contributed by atoms with E-state index in [1.807, 2.05) is 6.92 Å². The molecular formula is C25H18ClNO5. The Bertz CT molecular complexity index is 1250. The molecule has 6 nitrogen and oxygen atoms in total. The molecule has 32 heavy (non-hydrogen) atoms. The Labute approximate surface area is 189 Å². The summed E-state index contributed by atoms with van der Waals surface area (Å²) in [6, 6.07) is 17.4. The van der Waals surface area contributed by atoms with Crippen LogP contribution in [0, 0.1) is 6.92 Å². The van der Waals surface area contributed by atoms with E-state index < -0.39 is 23.9 Å². The van der Waals surface area contributed by atoms with Crippen LogP contribution in [-0.4, -0.2) is 29.7 Å². The molecule has 0 bridgehead atoms. The summed E-state index contributed by atoms with van der Waals surface area (Å²) in [4.78, 5) is 51.8. The van der Waals surface area contributed by atoms with E-state index in [-0.39, 0.29) is 22.5 Å². The third kappa shape index (κ3) is 3.92. The molecule has 1 aliphatic rings. The first-order chi connectivity index (χ1) is 15.3. The lowest BCUT2D eigenvalue weighted by Crippen LogP contribution is -2.29. The SMILES string of the molecule is Cc1ccc(C(=O)[C@@H](C)OC(=O)c2ccc3c(c2)C(=O)N(c2ccc(Cl)cc2)C3=O)cc1. The standard InChI is InChI=1S/C25H18ClNO5/c1-14-3-5-16(6-4-14)22(28)15(2)32-25(31)17-7-12-20-21(13-17)24(30)27(23(20)29)19-10-8-18(26)9-11-19/h3-13,15H,1-2H3/t15-/m1/s1. The fraction of sp³-hybridized carbons (Fsp3) is 0.120. The van der Waals surface area contributed by atoms with Crippen molar-refractivity contribution in [2.24, 2.45) is 0 Å². The number of anilines is 1. The summed E-state index contributed by atoms with van der Waals surface area (Å²) >= 11 is 5.88. The lowest BCUT2D eigenvalue weighted by atomic mass is 10.0. The number of benzene rings is 3. The zero-order chi connectivity index (χ0) is 23.0. The highest BCUT2D eigenvalue weighted by atomic mass is 35.5. The van der Waals surface area contributed by atoms with Gasteiger partial charge in [-0.2, -0.15) is 0 Å². The second-order valence-corrected chi connectivity index (χ2v) is 7.90. The van der Waals surface area contributed by atoms with E-state index in [2.05, 4.69) is 0 Å². The van der Waals surface area contributed by atoms with Crippen molar-refractivity contribution in [1.82, 2.24) is 0 Å². The van der Waals surface area contributed by atoms with Crippen molar-refractivity contribution < 1.29 is 23.9 Å². The second-order valence-electron chi connectivity index (χ2n) is 7.46. The van der Waals surface area contributed by atoms with E-state index in [9.17, 15) is 19.2 Å². The number of hydrogen-bond donors (Lipinski definition) is 0. The summed E-state index contributed by atoms with van der Waals surface area (Å²) < 4.78 is 5.32. The van der Waals surface area contributed by atoms with Crippen LogP contribution in [0.25, 0.3) is 0 Å². The normalized spacial score (nSPS) is 13.7. The summed E-state index contributed by atoms with van der Waals surface area (Å²) in [6.07, 6.45) is -1.01. The van der Waals surface area contributed by atoms with E-state index in [4.69, 9.17) is 16.3 Å². The molecule has 0 saturated carbocycles. The molecule has 1 aliphatic heterocycles. The van der Waals surface area contributed by atoms with E-state index in [0.717, 1.165) is 10.5 Å². The number of esters is 1. The fourth-order valence-electron chi connectivity index (χ4n) is 3.43. The highest BCUT2D eigenvalue weighted by Crippen LogP contribution is 2.30. The lowest BCUT2D eigenvalue weighted by Gasteiger charge is -2.13. The number of imide groups is 1. The predicted molar refractivity (Wildman–Crippen MR) is 119 cm³/mol. The Morgan fingerprint density at radius 2 is 1.44 bits per heavy atom. The van der Waals surface area contributed by atoms with Gasteiger partial charge in [-0.15, -0.1) is 0 Å². The highest BCUT2D eigenvalue weighted by molar-refractivity contribution is 6.35. The van der Waals surface area contributed by atoms with Gasteiger partial charge >= 0.3 is 5.97 Å². The first kappa shape index (κ1) is 21.5. The number of aryl methyl sites for hydroxylation is 1. The van der Waals surface area contributed by atoms with Crippen molar-refractivity contribution in [2.45, 2.75) is 20.0 Å². The van der Waals surface area contributed by atoms with Crippen molar-refractivity contribution >= 4 is 40.9 Å². The third-order valence-corrected chi connectivity index (χ3v) is 5.45. The van der Waals surface area contributed by atoms with Gasteiger partial charge in [0.2, 0.25) is 5.78 Å². The number of hydrogen-bond acceptors (Lipinski definition) is 5. The molecule has 3 aromatic carbocycles. The number of rotatable bonds is 5. The number of Topliss-reactive ketones (excluding diaryl/α,β-unsaturated/α-hetero) is 1. The van der Waals surface area contributed by atoms with Gasteiger partial charge in [0, 0.05) is 10.6 Å². The molecule has 0 aliphatic carbocycles. The number of carbonyl (C=O) groups excluding carboxylic acids is 4. The van der Waals surface area contributed by atoms with Gasteiger partial charge in [-0.3, -0.25) is 14.4 Å². The summed E-state index contributed by atoms with van der Waals surface area (Å²) in [5.74, 6) is -2.13. The Morgan fingerprint density at radius 1 is 0.844 bits per heavy atom. The van der Waals surface area contributed by atoms with Crippen molar-refractivity contribution in [3.05, 3.63) is 99.6 Å². The summed E-state index contributed by atoms with van der Waals surface area (Å²) in [7, 11) is 0. The molecule has 160 valence electrons. The third-order valence-electron chi connectivity index (χ3n) is 5.20. The van der Waals surface area contributed by atoms with Gasteiger partial charge in [-0.05, 0) is 56.3 Å². The Hall–Kier alpha value is -3.77. The van der Waals surface area contributed by atoms with Gasteiger partial charge in [-0.25, -0.2) is 9.69 Å². The van der Waals surface area contributed by atoms with Crippen molar-refractivity contribution in [1.29, 1.82) is 0 Å². The maximum Gasteiger partial charge on any atom is 0.338 e. The monoisotopic (exact) mass is 447 g/mol. The quantitative estimate of drug-likeness (QED) is 0.316. The second kappa shape index (κ2) is 8.40. The average Bonchev–Trinajstić information content (AvgIpc) is 3.04. The van der Waals surface area contributed by atoms with E-state index in [1.54, 1.807) is 48.5 Å². The van der Waals surface area contributed by atoms with E-state index >= 15 is 0 Å². The molecule has 1 heterocycles. The minimum absolute atomic E-state index is 0.0754. The highest BCUT2D eigenvalue weighted by Gasteiger charge is 2.37. The topological polar surface area (TPSA) is 80.8 Å². The van der Waals surface area contributed by atoms with Crippen LogP contribution < -0.4 is 4.90 Å². The van der Waals surface area contributed by atoms with E-state index in [1.165, 1.54) is 25.1 Å². The minimum Gasteiger partial charge on any atom is -0.451 e. The number of nitrogens with zero attached hydrogens (tertiary/aromatic N) is 1. The molecule has 0 unspecified atom stereocenters. The number of ketones is 1. The number of halogens is 1. The molecule has 0 aromatic heterocycles. The molecule has 4 rings (SSSR count). The van der Waals surface area contributed by atoms with Crippen molar-refractivity contribution in [3.63, 3.8) is 0 Å². The van der Waals surface area contributed by atoms with Crippen LogP contribution in [0.15, 0.2) is 66.7 Å². The molecule has 0 fully saturated rings. The number of carbonyl (C=O) groups is 4. The number of ether oxygens (including phenoxy) is 1. The van der Waals surface area contributed by atoms with Gasteiger partial charge in [0.25, 0.3) is 11.8 Å². The zero-order valence-corrected chi connectivity index (χ0v) is 18.1. The Kier molecular flexibility index (Phi) is 5.63. The van der Waals surface area contributed by atoms with Crippen LogP contribution in [0.4, 0.5) is 5.69 Å². The molecule has 1 atom stereocenters. The molecule has 0 saturated heterocycles. The Morgan fingerprint density at radius 3 is 2.09 bits per heavy atom. The lowest BCUT2D eigenvalue weighted by molar-refractivity contribution is 0.0318. The summed E-state index contributed by atoms with van der Waals surface area (Å²) in [5.41, 5.74) is 2.18. The molecular weight excluding hydrogens is 430 g/mol. The smallest absolute Gasteiger partial charge is 0.338 e. The fourth-order valence-corrected chi connectivity index (χ4v) is 3.55. The van der Waals surface area contributed by atoms with Gasteiger partial charge in [0.1, 0.15) is 0 Å². The minimum atomic E-state index is -1.01. The van der Waals surface area contributed by atoms with Crippen LogP contribution in [0.5, 0.6) is 0 Å². The van der Waals surface area contributed by atoms with Crippen molar-refractivity contribution in [2.75, 3.05) is 4.90 Å². The molecule has 0 N–H and O–H groups in total. The number of amides is 2. The summed E-state index contributed by atoms with van der Waals surface area (Å²) in [5, 5.41) is 0.477. The van der Waals surface area contributed by atoms with Gasteiger partial charge in [0.15, 0.2) is 6.10 Å². The van der Waals surface area contributed by atoms with Crippen molar-refractivity contribution in [3.8, 4) is 0 Å². The first-order valence-corrected chi connectivity index (χ1v) is 10.2. The number of fused-ring (bicyclic) bond motifs is 1. The molecule has 3 aromatic rings.